The van der Waals surface area contributed by atoms with Crippen molar-refractivity contribution in [1.29, 1.82) is 0 Å². The number of carbonyl (C=O) groups excluding carboxylic acids is 4. The maximum atomic E-state index is 13.8. The molecule has 3 amide bonds. The van der Waals surface area contributed by atoms with Crippen molar-refractivity contribution in [3.63, 3.8) is 0 Å². The molecule has 1 N–H and O–H groups in total. The third kappa shape index (κ3) is 9.63. The highest BCUT2D eigenvalue weighted by Crippen LogP contribution is 2.29. The maximum Gasteiger partial charge on any atom is 0.226 e. The molecule has 236 valence electrons. The van der Waals surface area contributed by atoms with Gasteiger partial charge in [0.25, 0.3) is 0 Å². The molecule has 0 saturated carbocycles. The number of amides is 3. The Morgan fingerprint density at radius 2 is 1.74 bits per heavy atom. The van der Waals surface area contributed by atoms with E-state index < -0.39 is 24.2 Å². The van der Waals surface area contributed by atoms with Crippen molar-refractivity contribution in [2.45, 2.75) is 103 Å². The van der Waals surface area contributed by atoms with Crippen LogP contribution in [0, 0.1) is 17.8 Å². The SMILES string of the molecule is CC[C@H](C)[C@@H]([C@@H](CC(=O)N1CCC[C@H]1[C@H](OC)[C@@H](C)C(=O)N[C@H](C=O)Cc1ccccc1)OC)N(C)C(=O)CC(C)C. The van der Waals surface area contributed by atoms with Gasteiger partial charge in [0.1, 0.15) is 6.29 Å². The van der Waals surface area contributed by atoms with Gasteiger partial charge in [0.05, 0.1) is 42.7 Å². The summed E-state index contributed by atoms with van der Waals surface area (Å²) in [5.74, 6) is -0.536. The molecule has 1 aliphatic rings. The topological polar surface area (TPSA) is 105 Å². The summed E-state index contributed by atoms with van der Waals surface area (Å²) < 4.78 is 11.7. The number of nitrogens with one attached hydrogen (secondary N) is 1. The molecule has 1 saturated heterocycles. The van der Waals surface area contributed by atoms with Gasteiger partial charge >= 0.3 is 0 Å². The molecule has 0 aliphatic carbocycles. The third-order valence-electron chi connectivity index (χ3n) is 8.68. The molecule has 9 nitrogen and oxygen atoms in total. The molecule has 42 heavy (non-hydrogen) atoms. The molecule has 2 rings (SSSR count). The number of carbonyl (C=O) groups is 4. The predicted molar refractivity (Wildman–Crippen MR) is 164 cm³/mol. The van der Waals surface area contributed by atoms with Gasteiger partial charge < -0.3 is 29.4 Å². The van der Waals surface area contributed by atoms with Crippen molar-refractivity contribution < 1.29 is 28.7 Å². The van der Waals surface area contributed by atoms with Crippen molar-refractivity contribution >= 4 is 24.0 Å². The molecule has 0 aromatic heterocycles. The first-order valence-corrected chi connectivity index (χ1v) is 15.4. The van der Waals surface area contributed by atoms with Crippen LogP contribution in [0.2, 0.25) is 0 Å². The number of hydrogen-bond donors (Lipinski definition) is 1. The normalized spacial score (nSPS) is 19.5. The second kappa shape index (κ2) is 17.4. The largest absolute Gasteiger partial charge is 0.379 e. The molecule has 1 heterocycles. The van der Waals surface area contributed by atoms with Crippen molar-refractivity contribution in [3.05, 3.63) is 35.9 Å². The fourth-order valence-corrected chi connectivity index (χ4v) is 6.13. The van der Waals surface area contributed by atoms with Gasteiger partial charge in [-0.2, -0.15) is 0 Å². The zero-order chi connectivity index (χ0) is 31.4. The zero-order valence-corrected chi connectivity index (χ0v) is 26.9. The summed E-state index contributed by atoms with van der Waals surface area (Å²) >= 11 is 0. The van der Waals surface area contributed by atoms with E-state index in [9.17, 15) is 19.2 Å². The number of ether oxygens (including phenoxy) is 2. The van der Waals surface area contributed by atoms with Crippen molar-refractivity contribution in [3.8, 4) is 0 Å². The molecule has 0 unspecified atom stereocenters. The molecule has 1 aliphatic heterocycles. The molecule has 9 heteroatoms. The number of likely N-dealkylation sites (N-methyl/N-ethyl adjacent to an activating group) is 1. The first-order chi connectivity index (χ1) is 20.0. The average Bonchev–Trinajstić information content (AvgIpc) is 3.46. The van der Waals surface area contributed by atoms with E-state index in [0.717, 1.165) is 24.7 Å². The standard InChI is InChI=1S/C33H53N3O6/c1-9-23(4)31(35(6)29(38)18-22(2)3)28(41-7)20-30(39)36-17-13-16-27(36)32(42-8)24(5)33(40)34-26(21-37)19-25-14-11-10-12-15-25/h10-12,14-15,21-24,26-28,31-32H,9,13,16-20H2,1-8H3,(H,34,40)/t23-,24+,26-,27-,28+,31-,32+/m0/s1. The van der Waals surface area contributed by atoms with Gasteiger partial charge in [0, 0.05) is 34.2 Å². The van der Waals surface area contributed by atoms with E-state index in [1.165, 1.54) is 0 Å². The molecule has 1 aromatic carbocycles. The third-order valence-corrected chi connectivity index (χ3v) is 8.68. The minimum absolute atomic E-state index is 0.0454. The first kappa shape index (κ1) is 35.4. The van der Waals surface area contributed by atoms with Gasteiger partial charge in [-0.05, 0) is 36.7 Å². The van der Waals surface area contributed by atoms with Crippen LogP contribution < -0.4 is 5.32 Å². The van der Waals surface area contributed by atoms with Crippen LogP contribution in [0.3, 0.4) is 0 Å². The Balaban J connectivity index is 2.15. The summed E-state index contributed by atoms with van der Waals surface area (Å²) in [6, 6.07) is 8.35. The van der Waals surface area contributed by atoms with E-state index in [2.05, 4.69) is 19.2 Å². The summed E-state index contributed by atoms with van der Waals surface area (Å²) in [6.07, 6.45) is 3.07. The van der Waals surface area contributed by atoms with Crippen LogP contribution in [0.5, 0.6) is 0 Å². The van der Waals surface area contributed by atoms with Crippen LogP contribution >= 0.6 is 0 Å². The molecule has 0 spiro atoms. The van der Waals surface area contributed by atoms with E-state index >= 15 is 0 Å². The van der Waals surface area contributed by atoms with Crippen molar-refractivity contribution in [2.24, 2.45) is 17.8 Å². The molecule has 7 atom stereocenters. The van der Waals surface area contributed by atoms with Crippen LogP contribution in [0.15, 0.2) is 30.3 Å². The second-order valence-electron chi connectivity index (χ2n) is 12.2. The van der Waals surface area contributed by atoms with Gasteiger partial charge in [-0.15, -0.1) is 0 Å². The molecular formula is C33H53N3O6. The summed E-state index contributed by atoms with van der Waals surface area (Å²) in [4.78, 5) is 55.4. The van der Waals surface area contributed by atoms with Crippen LogP contribution in [-0.4, -0.2) is 92.0 Å². The highest BCUT2D eigenvalue weighted by molar-refractivity contribution is 5.83. The fraction of sp³-hybridized carbons (Fsp3) is 0.697. The smallest absolute Gasteiger partial charge is 0.226 e. The van der Waals surface area contributed by atoms with Crippen LogP contribution in [-0.2, 0) is 35.1 Å². The maximum absolute atomic E-state index is 13.8. The molecule has 1 aromatic rings. The lowest BCUT2D eigenvalue weighted by Crippen LogP contribution is -2.53. The Morgan fingerprint density at radius 1 is 1.07 bits per heavy atom. The Hall–Kier alpha value is -2.78. The lowest BCUT2D eigenvalue weighted by Gasteiger charge is -2.39. The zero-order valence-electron chi connectivity index (χ0n) is 26.9. The van der Waals surface area contributed by atoms with Gasteiger partial charge in [0.15, 0.2) is 0 Å². The summed E-state index contributed by atoms with van der Waals surface area (Å²) in [5.41, 5.74) is 0.957. The van der Waals surface area contributed by atoms with Crippen molar-refractivity contribution in [1.82, 2.24) is 15.1 Å². The molecule has 0 radical (unpaired) electrons. The molecule has 0 bridgehead atoms. The number of aldehydes is 1. The highest BCUT2D eigenvalue weighted by atomic mass is 16.5. The second-order valence-corrected chi connectivity index (χ2v) is 12.2. The minimum atomic E-state index is -0.656. The van der Waals surface area contributed by atoms with Gasteiger partial charge in [-0.3, -0.25) is 14.4 Å². The lowest BCUT2D eigenvalue weighted by atomic mass is 9.90. The summed E-state index contributed by atoms with van der Waals surface area (Å²) in [5, 5.41) is 2.86. The average molecular weight is 588 g/mol. The quantitative estimate of drug-likeness (QED) is 0.278. The van der Waals surface area contributed by atoms with Crippen LogP contribution in [0.1, 0.15) is 72.3 Å². The number of rotatable bonds is 17. The minimum Gasteiger partial charge on any atom is -0.379 e. The number of benzene rings is 1. The summed E-state index contributed by atoms with van der Waals surface area (Å²) in [6.45, 7) is 10.5. The Bertz CT molecular complexity index is 1000. The van der Waals surface area contributed by atoms with E-state index in [0.29, 0.717) is 25.8 Å². The lowest BCUT2D eigenvalue weighted by molar-refractivity contribution is -0.146. The monoisotopic (exact) mass is 587 g/mol. The highest BCUT2D eigenvalue weighted by Gasteiger charge is 2.42. The number of nitrogens with zero attached hydrogens (tertiary/aromatic N) is 2. The number of likely N-dealkylation sites (tertiary alicyclic amines) is 1. The van der Waals surface area contributed by atoms with E-state index in [1.54, 1.807) is 26.0 Å². The van der Waals surface area contributed by atoms with Crippen molar-refractivity contribution in [2.75, 3.05) is 27.8 Å². The fourth-order valence-electron chi connectivity index (χ4n) is 6.13. The van der Waals surface area contributed by atoms with E-state index in [1.807, 2.05) is 56.1 Å². The Morgan fingerprint density at radius 3 is 2.29 bits per heavy atom. The summed E-state index contributed by atoms with van der Waals surface area (Å²) in [7, 11) is 4.96. The number of hydrogen-bond acceptors (Lipinski definition) is 6. The molecular weight excluding hydrogens is 534 g/mol. The predicted octanol–water partition coefficient (Wildman–Crippen LogP) is 3.88. The number of methoxy groups -OCH3 is 2. The Labute approximate surface area is 252 Å². The van der Waals surface area contributed by atoms with Crippen LogP contribution in [0.4, 0.5) is 0 Å². The van der Waals surface area contributed by atoms with E-state index in [-0.39, 0.29) is 48.1 Å². The van der Waals surface area contributed by atoms with Crippen LogP contribution in [0.25, 0.3) is 0 Å². The Kier molecular flexibility index (Phi) is 14.6. The van der Waals surface area contributed by atoms with Gasteiger partial charge in [0.2, 0.25) is 17.7 Å². The van der Waals surface area contributed by atoms with E-state index in [4.69, 9.17) is 9.47 Å². The molecule has 1 fully saturated rings. The first-order valence-electron chi connectivity index (χ1n) is 15.4. The van der Waals surface area contributed by atoms with Gasteiger partial charge in [-0.25, -0.2) is 0 Å². The van der Waals surface area contributed by atoms with Gasteiger partial charge in [-0.1, -0.05) is 71.4 Å².